The molecular formula is C28H37FN2O. The predicted molar refractivity (Wildman–Crippen MR) is 130 cm³/mol. The molecule has 32 heavy (non-hydrogen) atoms. The van der Waals surface area contributed by atoms with Crippen molar-refractivity contribution in [1.29, 1.82) is 0 Å². The third-order valence-corrected chi connectivity index (χ3v) is 7.62. The van der Waals surface area contributed by atoms with Crippen LogP contribution in [0.4, 0.5) is 4.39 Å². The molecule has 0 aromatic heterocycles. The van der Waals surface area contributed by atoms with E-state index in [0.717, 1.165) is 63.0 Å². The van der Waals surface area contributed by atoms with Crippen LogP contribution in [0.25, 0.3) is 6.08 Å². The first-order chi connectivity index (χ1) is 15.5. The van der Waals surface area contributed by atoms with Gasteiger partial charge in [-0.25, -0.2) is 4.39 Å². The Morgan fingerprint density at radius 2 is 1.84 bits per heavy atom. The van der Waals surface area contributed by atoms with Crippen LogP contribution in [-0.2, 0) is 6.42 Å². The summed E-state index contributed by atoms with van der Waals surface area (Å²) in [4.78, 5) is 2.55. The van der Waals surface area contributed by atoms with Crippen molar-refractivity contribution in [2.45, 2.75) is 57.6 Å². The maximum atomic E-state index is 13.5. The fourth-order valence-corrected chi connectivity index (χ4v) is 5.66. The third-order valence-electron chi connectivity index (χ3n) is 7.62. The van der Waals surface area contributed by atoms with Gasteiger partial charge in [0, 0.05) is 44.6 Å². The number of nitrogens with one attached hydrogen (secondary N) is 1. The minimum atomic E-state index is -0.929. The quantitative estimate of drug-likeness (QED) is 0.649. The summed E-state index contributed by atoms with van der Waals surface area (Å²) in [6, 6.07) is 15.3. The normalized spacial score (nSPS) is 27.2. The second kappa shape index (κ2) is 10.3. The Morgan fingerprint density at radius 1 is 1.12 bits per heavy atom. The van der Waals surface area contributed by atoms with E-state index in [1.807, 2.05) is 12.1 Å². The Balaban J connectivity index is 1.75. The largest absolute Gasteiger partial charge is 0.385 e. The molecule has 3 nitrogen and oxygen atoms in total. The zero-order valence-corrected chi connectivity index (χ0v) is 19.5. The van der Waals surface area contributed by atoms with E-state index in [9.17, 15) is 9.50 Å². The second-order valence-corrected chi connectivity index (χ2v) is 9.63. The first-order valence-electron chi connectivity index (χ1n) is 12.2. The molecule has 3 atom stereocenters. The Bertz CT molecular complexity index is 919. The lowest BCUT2D eigenvalue weighted by molar-refractivity contribution is -0.0276. The third kappa shape index (κ3) is 5.14. The molecule has 0 radical (unpaired) electrons. The highest BCUT2D eigenvalue weighted by molar-refractivity contribution is 5.56. The Labute approximate surface area is 192 Å². The van der Waals surface area contributed by atoms with Crippen LogP contribution >= 0.6 is 0 Å². The molecule has 2 aromatic carbocycles. The van der Waals surface area contributed by atoms with Crippen LogP contribution in [0.1, 0.15) is 49.3 Å². The molecule has 1 heterocycles. The monoisotopic (exact) mass is 436 g/mol. The number of halogens is 1. The molecule has 4 heteroatoms. The molecule has 4 rings (SSSR count). The standard InChI is InChI=1S/C28H37FN2O/c1-21-7-3-4-8-24(21)20-28(32)25(19-23-11-13-26(29)14-12-23)9-5-6-10-27(28)22(2)31-17-15-30-16-18-31/h3-4,7-8,11-14,19,22,27,30,32H,5-6,9-10,15-18,20H2,1-2H3. The lowest BCUT2D eigenvalue weighted by Crippen LogP contribution is -2.55. The number of nitrogens with zero attached hydrogens (tertiary/aromatic N) is 1. The number of rotatable bonds is 5. The van der Waals surface area contributed by atoms with Crippen LogP contribution < -0.4 is 5.32 Å². The highest BCUT2D eigenvalue weighted by atomic mass is 19.1. The molecule has 1 saturated carbocycles. The van der Waals surface area contributed by atoms with E-state index in [-0.39, 0.29) is 11.7 Å². The van der Waals surface area contributed by atoms with Gasteiger partial charge in [-0.1, -0.05) is 48.9 Å². The van der Waals surface area contributed by atoms with Gasteiger partial charge in [0.05, 0.1) is 5.60 Å². The minimum absolute atomic E-state index is 0.148. The summed E-state index contributed by atoms with van der Waals surface area (Å²) >= 11 is 0. The summed E-state index contributed by atoms with van der Waals surface area (Å²) in [5.41, 5.74) is 3.55. The summed E-state index contributed by atoms with van der Waals surface area (Å²) in [6.07, 6.45) is 6.85. The van der Waals surface area contributed by atoms with Gasteiger partial charge >= 0.3 is 0 Å². The molecule has 1 aliphatic heterocycles. The SMILES string of the molecule is Cc1ccccc1CC1(O)C(=Cc2ccc(F)cc2)CCCCC1C(C)N1CCNCC1. The first-order valence-corrected chi connectivity index (χ1v) is 12.2. The van der Waals surface area contributed by atoms with E-state index in [1.54, 1.807) is 0 Å². The van der Waals surface area contributed by atoms with Crippen molar-refractivity contribution in [3.63, 3.8) is 0 Å². The van der Waals surface area contributed by atoms with Crippen LogP contribution in [0.3, 0.4) is 0 Å². The summed E-state index contributed by atoms with van der Waals surface area (Å²) in [5.74, 6) is -0.0807. The van der Waals surface area contributed by atoms with Gasteiger partial charge in [0.1, 0.15) is 5.82 Å². The zero-order valence-electron chi connectivity index (χ0n) is 19.5. The molecule has 3 unspecified atom stereocenters. The number of aryl methyl sites for hydroxylation is 1. The molecule has 2 aromatic rings. The first kappa shape index (κ1) is 23.2. The van der Waals surface area contributed by atoms with E-state index >= 15 is 0 Å². The Hall–Kier alpha value is -2.01. The van der Waals surface area contributed by atoms with Gasteiger partial charge in [-0.15, -0.1) is 0 Å². The molecule has 1 aliphatic carbocycles. The van der Waals surface area contributed by atoms with Crippen molar-refractivity contribution >= 4 is 6.08 Å². The van der Waals surface area contributed by atoms with Gasteiger partial charge in [-0.3, -0.25) is 4.90 Å². The molecule has 0 amide bonds. The topological polar surface area (TPSA) is 35.5 Å². The molecule has 172 valence electrons. The molecule has 0 bridgehead atoms. The van der Waals surface area contributed by atoms with Crippen molar-refractivity contribution < 1.29 is 9.50 Å². The number of hydrogen-bond donors (Lipinski definition) is 2. The molecule has 2 fully saturated rings. The number of hydrogen-bond acceptors (Lipinski definition) is 3. The average molecular weight is 437 g/mol. The van der Waals surface area contributed by atoms with Crippen LogP contribution in [-0.4, -0.2) is 47.8 Å². The molecule has 0 spiro atoms. The van der Waals surface area contributed by atoms with Crippen molar-refractivity contribution in [2.24, 2.45) is 5.92 Å². The van der Waals surface area contributed by atoms with E-state index in [0.29, 0.717) is 12.5 Å². The number of aliphatic hydroxyl groups is 1. The van der Waals surface area contributed by atoms with E-state index in [1.165, 1.54) is 23.3 Å². The summed E-state index contributed by atoms with van der Waals surface area (Å²) in [7, 11) is 0. The molecule has 1 saturated heterocycles. The van der Waals surface area contributed by atoms with Crippen LogP contribution in [0.5, 0.6) is 0 Å². The zero-order chi connectivity index (χ0) is 22.6. The van der Waals surface area contributed by atoms with Gasteiger partial charge in [0.15, 0.2) is 0 Å². The number of benzene rings is 2. The van der Waals surface area contributed by atoms with E-state index in [2.05, 4.69) is 54.4 Å². The summed E-state index contributed by atoms with van der Waals surface area (Å²) in [5, 5.41) is 16.0. The van der Waals surface area contributed by atoms with Gasteiger partial charge < -0.3 is 10.4 Å². The van der Waals surface area contributed by atoms with Crippen molar-refractivity contribution in [2.75, 3.05) is 26.2 Å². The van der Waals surface area contributed by atoms with E-state index in [4.69, 9.17) is 0 Å². The van der Waals surface area contributed by atoms with Crippen molar-refractivity contribution in [3.8, 4) is 0 Å². The van der Waals surface area contributed by atoms with Gasteiger partial charge in [-0.05, 0) is 67.5 Å². The van der Waals surface area contributed by atoms with Crippen molar-refractivity contribution in [3.05, 3.63) is 76.6 Å². The number of piperazine rings is 1. The minimum Gasteiger partial charge on any atom is -0.385 e. The second-order valence-electron chi connectivity index (χ2n) is 9.63. The maximum absolute atomic E-state index is 13.5. The fraction of sp³-hybridized carbons (Fsp3) is 0.500. The Kier molecular flexibility index (Phi) is 7.44. The maximum Gasteiger partial charge on any atom is 0.123 e. The molecule has 2 N–H and O–H groups in total. The lowest BCUT2D eigenvalue weighted by Gasteiger charge is -2.45. The molecule has 2 aliphatic rings. The summed E-state index contributed by atoms with van der Waals surface area (Å²) < 4.78 is 13.5. The fourth-order valence-electron chi connectivity index (χ4n) is 5.66. The molecular weight excluding hydrogens is 399 g/mol. The lowest BCUT2D eigenvalue weighted by atomic mass is 9.71. The van der Waals surface area contributed by atoms with Crippen LogP contribution in [0, 0.1) is 18.7 Å². The van der Waals surface area contributed by atoms with Crippen LogP contribution in [0.2, 0.25) is 0 Å². The highest BCUT2D eigenvalue weighted by Gasteiger charge is 2.45. The predicted octanol–water partition coefficient (Wildman–Crippen LogP) is 4.98. The van der Waals surface area contributed by atoms with Gasteiger partial charge in [0.2, 0.25) is 0 Å². The highest BCUT2D eigenvalue weighted by Crippen LogP contribution is 2.43. The van der Waals surface area contributed by atoms with Gasteiger partial charge in [0.25, 0.3) is 0 Å². The Morgan fingerprint density at radius 3 is 2.56 bits per heavy atom. The van der Waals surface area contributed by atoms with E-state index < -0.39 is 5.60 Å². The van der Waals surface area contributed by atoms with Gasteiger partial charge in [-0.2, -0.15) is 0 Å². The smallest absolute Gasteiger partial charge is 0.123 e. The van der Waals surface area contributed by atoms with Crippen LogP contribution in [0.15, 0.2) is 54.1 Å². The summed E-state index contributed by atoms with van der Waals surface area (Å²) in [6.45, 7) is 8.49. The van der Waals surface area contributed by atoms with Crippen molar-refractivity contribution in [1.82, 2.24) is 10.2 Å². The average Bonchev–Trinajstić information content (AvgIpc) is 2.96.